The molecule has 0 saturated carbocycles. The SMILES string of the molecule is CCOC(=O)c1cn2c3c(c(F)c(F)cc3c1=O)Oc1ccc([N+](=O)[O-])cc1-2.O=C(O)c1cn2c3c(c(F)c(F)cc3c1=O)Oc1ccc([N+](=O)[O-])cc1-2. The van der Waals surface area contributed by atoms with Crippen molar-refractivity contribution >= 4 is 45.1 Å². The normalized spacial score (nSPS) is 11.7. The number of ether oxygens (including phenoxy) is 3. The summed E-state index contributed by atoms with van der Waals surface area (Å²) in [5, 5.41) is 30.6. The van der Waals surface area contributed by atoms with Gasteiger partial charge in [-0.05, 0) is 31.2 Å². The maximum absolute atomic E-state index is 14.3. The highest BCUT2D eigenvalue weighted by Crippen LogP contribution is 2.44. The molecule has 1 N–H and O–H groups in total. The summed E-state index contributed by atoms with van der Waals surface area (Å²) >= 11 is 0. The van der Waals surface area contributed by atoms with Gasteiger partial charge in [-0.3, -0.25) is 29.8 Å². The monoisotopic (exact) mass is 748 g/mol. The summed E-state index contributed by atoms with van der Waals surface area (Å²) in [6.07, 6.45) is 1.98. The van der Waals surface area contributed by atoms with Crippen LogP contribution in [0.5, 0.6) is 23.0 Å². The first-order valence-corrected chi connectivity index (χ1v) is 15.1. The molecule has 0 unspecified atom stereocenters. The average Bonchev–Trinajstić information content (AvgIpc) is 3.13. The van der Waals surface area contributed by atoms with Crippen LogP contribution in [-0.2, 0) is 4.74 Å². The lowest BCUT2D eigenvalue weighted by atomic mass is 10.1. The van der Waals surface area contributed by atoms with Gasteiger partial charge in [-0.15, -0.1) is 0 Å². The number of non-ortho nitro benzene ring substituents is 2. The molecule has 0 aliphatic carbocycles. The molecule has 272 valence electrons. The summed E-state index contributed by atoms with van der Waals surface area (Å²) < 4.78 is 74.3. The number of carbonyl (C=O) groups is 2. The second kappa shape index (κ2) is 12.5. The number of nitro benzene ring substituents is 2. The molecule has 0 fully saturated rings. The highest BCUT2D eigenvalue weighted by molar-refractivity contribution is 5.98. The molecule has 0 bridgehead atoms. The van der Waals surface area contributed by atoms with Gasteiger partial charge in [0.2, 0.25) is 22.5 Å². The van der Waals surface area contributed by atoms with Gasteiger partial charge in [-0.1, -0.05) is 0 Å². The van der Waals surface area contributed by atoms with E-state index in [4.69, 9.17) is 14.2 Å². The number of carboxylic acids is 1. The van der Waals surface area contributed by atoms with Crippen molar-refractivity contribution in [3.8, 4) is 34.4 Å². The second-order valence-corrected chi connectivity index (χ2v) is 11.3. The largest absolute Gasteiger partial charge is 0.477 e. The van der Waals surface area contributed by atoms with Gasteiger partial charge in [0, 0.05) is 36.7 Å². The standard InChI is InChI=1S/C18H10F2N2O6.C16H6F2N2O6/c1-2-27-18(24)10-7-21-12-5-8(22(25)26)3-4-13(12)28-17-14(20)11(19)6-9(15(17)21)16(10)23;17-9-4-7-13-15(12(9)18)26-11-2-1-6(20(24)25)3-10(11)19(13)5-8(14(7)21)16(22)23/h3-7H,2H2,1H3;1-5H,(H,22,23). The zero-order valence-corrected chi connectivity index (χ0v) is 26.7. The molecule has 0 saturated heterocycles. The molecule has 0 spiro atoms. The number of carboxylic acid groups (broad SMARTS) is 1. The first-order valence-electron chi connectivity index (χ1n) is 15.1. The Bertz CT molecular complexity index is 2850. The Labute approximate surface area is 294 Å². The molecule has 2 aromatic heterocycles. The van der Waals surface area contributed by atoms with E-state index in [2.05, 4.69) is 0 Å². The van der Waals surface area contributed by atoms with Gasteiger partial charge in [-0.2, -0.15) is 8.78 Å². The van der Waals surface area contributed by atoms with E-state index in [0.29, 0.717) is 12.1 Å². The van der Waals surface area contributed by atoms with Gasteiger partial charge < -0.3 is 28.5 Å². The van der Waals surface area contributed by atoms with Crippen molar-refractivity contribution in [1.29, 1.82) is 0 Å². The highest BCUT2D eigenvalue weighted by Gasteiger charge is 2.31. The third-order valence-electron chi connectivity index (χ3n) is 8.25. The topological polar surface area (TPSA) is 212 Å². The minimum atomic E-state index is -1.58. The van der Waals surface area contributed by atoms with Gasteiger partial charge in [0.15, 0.2) is 34.6 Å². The quantitative estimate of drug-likeness (QED) is 0.0872. The summed E-state index contributed by atoms with van der Waals surface area (Å²) in [6.45, 7) is 1.53. The fourth-order valence-corrected chi connectivity index (χ4v) is 5.89. The van der Waals surface area contributed by atoms with Crippen LogP contribution in [0.2, 0.25) is 0 Å². The molecule has 0 amide bonds. The first kappa shape index (κ1) is 34.8. The number of fused-ring (bicyclic) bond motifs is 4. The molecule has 54 heavy (non-hydrogen) atoms. The number of hydrogen-bond donors (Lipinski definition) is 1. The lowest BCUT2D eigenvalue weighted by Gasteiger charge is -2.24. The van der Waals surface area contributed by atoms with Crippen LogP contribution in [0.15, 0.2) is 70.5 Å². The van der Waals surface area contributed by atoms with E-state index < -0.39 is 83.9 Å². The Morgan fingerprint density at radius 2 is 1.17 bits per heavy atom. The predicted molar refractivity (Wildman–Crippen MR) is 175 cm³/mol. The Morgan fingerprint density at radius 1 is 0.741 bits per heavy atom. The number of benzene rings is 4. The molecule has 2 aliphatic heterocycles. The molecule has 4 heterocycles. The summed E-state index contributed by atoms with van der Waals surface area (Å²) in [5.74, 6) is -9.17. The van der Waals surface area contributed by atoms with Crippen LogP contribution in [0.3, 0.4) is 0 Å². The fourth-order valence-electron chi connectivity index (χ4n) is 5.89. The van der Waals surface area contributed by atoms with Crippen LogP contribution in [0.4, 0.5) is 28.9 Å². The lowest BCUT2D eigenvalue weighted by Crippen LogP contribution is -2.22. The van der Waals surface area contributed by atoms with E-state index in [1.54, 1.807) is 6.92 Å². The maximum atomic E-state index is 14.3. The van der Waals surface area contributed by atoms with E-state index >= 15 is 0 Å². The third-order valence-corrected chi connectivity index (χ3v) is 8.25. The van der Waals surface area contributed by atoms with Crippen LogP contribution in [-0.4, -0.2) is 42.6 Å². The summed E-state index contributed by atoms with van der Waals surface area (Å²) in [4.78, 5) is 69.3. The number of nitro groups is 2. The number of halogens is 4. The number of hydrogen-bond acceptors (Lipinski definition) is 11. The molecule has 0 atom stereocenters. The molecule has 6 aromatic rings. The van der Waals surface area contributed by atoms with Crippen molar-refractivity contribution in [2.45, 2.75) is 6.92 Å². The number of esters is 1. The van der Waals surface area contributed by atoms with Crippen LogP contribution < -0.4 is 20.3 Å². The zero-order chi connectivity index (χ0) is 38.9. The molecular formula is C34H16F4N4O12. The number of aromatic carboxylic acids is 1. The van der Waals surface area contributed by atoms with Crippen LogP contribution in [0.25, 0.3) is 33.2 Å². The molecule has 4 aromatic carbocycles. The fraction of sp³-hybridized carbons (Fsp3) is 0.0588. The van der Waals surface area contributed by atoms with Gasteiger partial charge in [0.05, 0.1) is 38.6 Å². The van der Waals surface area contributed by atoms with Gasteiger partial charge >= 0.3 is 11.9 Å². The Kier molecular flexibility index (Phi) is 8.08. The Balaban J connectivity index is 0.000000167. The van der Waals surface area contributed by atoms with E-state index in [1.807, 2.05) is 0 Å². The number of pyridine rings is 2. The van der Waals surface area contributed by atoms with Gasteiger partial charge in [-0.25, -0.2) is 18.4 Å². The van der Waals surface area contributed by atoms with Crippen molar-refractivity contribution in [3.63, 3.8) is 0 Å². The number of carbonyl (C=O) groups excluding carboxylic acids is 1. The Morgan fingerprint density at radius 3 is 1.57 bits per heavy atom. The Hall–Kier alpha value is -7.64. The van der Waals surface area contributed by atoms with E-state index in [1.165, 1.54) is 16.7 Å². The summed E-state index contributed by atoms with van der Waals surface area (Å²) in [6, 6.07) is 8.06. The minimum Gasteiger partial charge on any atom is -0.477 e. The van der Waals surface area contributed by atoms with Crippen LogP contribution in [0.1, 0.15) is 27.6 Å². The van der Waals surface area contributed by atoms with E-state index in [9.17, 15) is 62.1 Å². The van der Waals surface area contributed by atoms with Crippen molar-refractivity contribution in [2.75, 3.05) is 6.61 Å². The van der Waals surface area contributed by atoms with Crippen molar-refractivity contribution in [1.82, 2.24) is 9.13 Å². The van der Waals surface area contributed by atoms with E-state index in [0.717, 1.165) is 41.2 Å². The number of nitrogens with zero attached hydrogens (tertiary/aromatic N) is 4. The van der Waals surface area contributed by atoms with Crippen LogP contribution in [0, 0.1) is 43.5 Å². The minimum absolute atomic E-state index is 0.00942. The summed E-state index contributed by atoms with van der Waals surface area (Å²) in [5.41, 5.74) is -3.91. The zero-order valence-electron chi connectivity index (χ0n) is 26.7. The van der Waals surface area contributed by atoms with E-state index in [-0.39, 0.29) is 57.3 Å². The molecule has 8 rings (SSSR count). The summed E-state index contributed by atoms with van der Waals surface area (Å²) in [7, 11) is 0. The highest BCUT2D eigenvalue weighted by atomic mass is 19.2. The van der Waals surface area contributed by atoms with Gasteiger partial charge in [0.1, 0.15) is 22.2 Å². The van der Waals surface area contributed by atoms with Crippen molar-refractivity contribution in [2.24, 2.45) is 0 Å². The number of rotatable bonds is 5. The van der Waals surface area contributed by atoms with Gasteiger partial charge in [0.25, 0.3) is 11.4 Å². The van der Waals surface area contributed by atoms with Crippen molar-refractivity contribution in [3.05, 3.63) is 136 Å². The maximum Gasteiger partial charge on any atom is 0.343 e. The average molecular weight is 749 g/mol. The smallest absolute Gasteiger partial charge is 0.343 e. The number of aromatic nitrogens is 2. The molecule has 0 radical (unpaired) electrons. The second-order valence-electron chi connectivity index (χ2n) is 11.3. The van der Waals surface area contributed by atoms with Crippen LogP contribution >= 0.6 is 0 Å². The third kappa shape index (κ3) is 5.31. The lowest BCUT2D eigenvalue weighted by molar-refractivity contribution is -0.385. The predicted octanol–water partition coefficient (Wildman–Crippen LogP) is 6.44. The molecule has 2 aliphatic rings. The molecule has 16 nitrogen and oxygen atoms in total. The molecule has 20 heteroatoms. The molecular weight excluding hydrogens is 732 g/mol. The first-order chi connectivity index (χ1) is 25.6. The van der Waals surface area contributed by atoms with Crippen molar-refractivity contribution < 1.29 is 56.3 Å².